The fourth-order valence-corrected chi connectivity index (χ4v) is 8.48. The highest BCUT2D eigenvalue weighted by molar-refractivity contribution is 8.09. The summed E-state index contributed by atoms with van der Waals surface area (Å²) in [6.45, 7) is 2.16. The number of benzene rings is 2. The molecule has 0 amide bonds. The van der Waals surface area contributed by atoms with Crippen LogP contribution in [0.4, 0.5) is 0 Å². The predicted octanol–water partition coefficient (Wildman–Crippen LogP) is 5.61. The zero-order valence-electron chi connectivity index (χ0n) is 18.7. The molecule has 0 saturated carbocycles. The second kappa shape index (κ2) is 12.9. The fraction of sp³-hybridized carbons (Fsp3) is 0.480. The van der Waals surface area contributed by atoms with Gasteiger partial charge >= 0.3 is 0 Å². The van der Waals surface area contributed by atoms with Crippen LogP contribution in [0.2, 0.25) is 0 Å². The lowest BCUT2D eigenvalue weighted by atomic mass is 9.99. The van der Waals surface area contributed by atoms with Crippen LogP contribution in [-0.2, 0) is 24.5 Å². The summed E-state index contributed by atoms with van der Waals surface area (Å²) in [4.78, 5) is 11.7. The van der Waals surface area contributed by atoms with E-state index in [1.54, 1.807) is 36.4 Å². The molecule has 0 aliphatic heterocycles. The third kappa shape index (κ3) is 7.27. The predicted molar refractivity (Wildman–Crippen MR) is 128 cm³/mol. The van der Waals surface area contributed by atoms with Crippen molar-refractivity contribution < 1.29 is 21.6 Å². The highest BCUT2D eigenvalue weighted by Gasteiger charge is 2.41. The maximum Gasteiger partial charge on any atom is 0.195 e. The number of rotatable bonds is 15. The highest BCUT2D eigenvalue weighted by Crippen LogP contribution is 2.31. The summed E-state index contributed by atoms with van der Waals surface area (Å²) in [7, 11) is -8.41. The Morgan fingerprint density at radius 2 is 1.12 bits per heavy atom. The monoisotopic (exact) mass is 478 g/mol. The molecule has 2 aromatic carbocycles. The zero-order valence-corrected chi connectivity index (χ0v) is 20.4. The average Bonchev–Trinajstić information content (AvgIpc) is 2.81. The van der Waals surface area contributed by atoms with Crippen molar-refractivity contribution in [3.63, 3.8) is 0 Å². The van der Waals surface area contributed by atoms with Crippen molar-refractivity contribution in [2.24, 2.45) is 5.92 Å². The molecule has 1 atom stereocenters. The van der Waals surface area contributed by atoms with E-state index in [0.29, 0.717) is 12.7 Å². The molecule has 0 bridgehead atoms. The topological polar surface area (TPSA) is 85.3 Å². The number of hydrogen-bond acceptors (Lipinski definition) is 5. The van der Waals surface area contributed by atoms with Crippen LogP contribution >= 0.6 is 0 Å². The summed E-state index contributed by atoms with van der Waals surface area (Å²) in [5.74, 6) is -0.632. The van der Waals surface area contributed by atoms with Crippen LogP contribution in [0.1, 0.15) is 64.7 Å². The van der Waals surface area contributed by atoms with Crippen LogP contribution in [0.25, 0.3) is 0 Å². The van der Waals surface area contributed by atoms with Crippen molar-refractivity contribution in [1.29, 1.82) is 0 Å². The molecule has 0 aliphatic rings. The summed E-state index contributed by atoms with van der Waals surface area (Å²) >= 11 is 0. The van der Waals surface area contributed by atoms with Gasteiger partial charge in [0.1, 0.15) is 6.29 Å². The molecule has 32 heavy (non-hydrogen) atoms. The van der Waals surface area contributed by atoms with E-state index in [0.717, 1.165) is 25.7 Å². The molecular weight excluding hydrogens is 444 g/mol. The molecule has 0 unspecified atom stereocenters. The van der Waals surface area contributed by atoms with Crippen LogP contribution in [0.15, 0.2) is 70.5 Å². The van der Waals surface area contributed by atoms with Crippen molar-refractivity contribution in [2.75, 3.05) is 0 Å². The quantitative estimate of drug-likeness (QED) is 0.245. The van der Waals surface area contributed by atoms with Gasteiger partial charge in [0.15, 0.2) is 24.3 Å². The molecule has 176 valence electrons. The van der Waals surface area contributed by atoms with Gasteiger partial charge in [-0.25, -0.2) is 16.8 Å². The Kier molecular flexibility index (Phi) is 10.6. The fourth-order valence-electron chi connectivity index (χ4n) is 3.80. The summed E-state index contributed by atoms with van der Waals surface area (Å²) in [6, 6.07) is 15.2. The molecule has 0 aromatic heterocycles. The van der Waals surface area contributed by atoms with E-state index in [2.05, 4.69) is 6.92 Å². The molecule has 0 spiro atoms. The molecule has 7 heteroatoms. The minimum atomic E-state index is -4.20. The van der Waals surface area contributed by atoms with Gasteiger partial charge < -0.3 is 4.79 Å². The molecule has 0 radical (unpaired) electrons. The van der Waals surface area contributed by atoms with Gasteiger partial charge in [0, 0.05) is 5.92 Å². The Hall–Kier alpha value is -1.99. The molecule has 0 aliphatic carbocycles. The number of unbranched alkanes of at least 4 members (excludes halogenated alkanes) is 6. The van der Waals surface area contributed by atoms with E-state index in [4.69, 9.17) is 0 Å². The minimum absolute atomic E-state index is 0.0509. The lowest BCUT2D eigenvalue weighted by Gasteiger charge is -2.21. The van der Waals surface area contributed by atoms with Gasteiger partial charge in [0.05, 0.1) is 9.79 Å². The lowest BCUT2D eigenvalue weighted by Crippen LogP contribution is -2.33. The zero-order chi connectivity index (χ0) is 23.5. The molecule has 0 heterocycles. The maximum absolute atomic E-state index is 13.4. The third-order valence-electron chi connectivity index (χ3n) is 5.70. The van der Waals surface area contributed by atoms with Crippen LogP contribution in [0, 0.1) is 5.92 Å². The lowest BCUT2D eigenvalue weighted by molar-refractivity contribution is -0.111. The Morgan fingerprint density at radius 3 is 1.56 bits per heavy atom. The average molecular weight is 479 g/mol. The van der Waals surface area contributed by atoms with Crippen LogP contribution in [-0.4, -0.2) is 27.7 Å². The SMILES string of the molecule is CCCCCCCCC[C@@H](C=O)CC(S(=O)(=O)c1ccccc1)S(=O)(=O)c1ccccc1. The van der Waals surface area contributed by atoms with Crippen LogP contribution in [0.5, 0.6) is 0 Å². The number of aldehydes is 1. The van der Waals surface area contributed by atoms with E-state index in [-0.39, 0.29) is 16.2 Å². The van der Waals surface area contributed by atoms with Gasteiger partial charge in [0.2, 0.25) is 0 Å². The third-order valence-corrected chi connectivity index (χ3v) is 10.8. The van der Waals surface area contributed by atoms with E-state index >= 15 is 0 Å². The number of carbonyl (C=O) groups excluding carboxylic acids is 1. The largest absolute Gasteiger partial charge is 0.303 e. The molecule has 5 nitrogen and oxygen atoms in total. The van der Waals surface area contributed by atoms with E-state index in [9.17, 15) is 21.6 Å². The van der Waals surface area contributed by atoms with E-state index in [1.807, 2.05) is 0 Å². The Labute approximate surface area is 193 Å². The first-order valence-electron chi connectivity index (χ1n) is 11.4. The van der Waals surface area contributed by atoms with Crippen molar-refractivity contribution in [2.45, 2.75) is 79.1 Å². The van der Waals surface area contributed by atoms with Gasteiger partial charge in [-0.1, -0.05) is 88.3 Å². The Balaban J connectivity index is 2.22. The smallest absolute Gasteiger partial charge is 0.195 e. The van der Waals surface area contributed by atoms with Gasteiger partial charge in [-0.05, 0) is 37.1 Å². The number of sulfone groups is 2. The van der Waals surface area contributed by atoms with Crippen molar-refractivity contribution in [3.05, 3.63) is 60.7 Å². The standard InChI is InChI=1S/C25H34O5S2/c1-2-3-4-5-6-7-10-15-22(21-26)20-25(31(27,28)23-16-11-8-12-17-23)32(29,30)24-18-13-9-14-19-24/h8-9,11-14,16-19,21-22,25H,2-7,10,15,20H2,1H3/t22-/m1/s1. The molecule has 2 rings (SSSR count). The molecule has 0 saturated heterocycles. The molecule has 0 fully saturated rings. The second-order valence-corrected chi connectivity index (χ2v) is 12.7. The number of hydrogen-bond donors (Lipinski definition) is 0. The number of carbonyl (C=O) groups is 1. The molecule has 2 aromatic rings. The minimum Gasteiger partial charge on any atom is -0.303 e. The van der Waals surface area contributed by atoms with Crippen LogP contribution in [0.3, 0.4) is 0 Å². The Bertz CT molecular complexity index is 947. The molecular formula is C25H34O5S2. The summed E-state index contributed by atoms with van der Waals surface area (Å²) in [6.07, 6.45) is 8.50. The molecule has 0 N–H and O–H groups in total. The summed E-state index contributed by atoms with van der Waals surface area (Å²) < 4.78 is 51.8. The summed E-state index contributed by atoms with van der Waals surface area (Å²) in [5.41, 5.74) is 0. The second-order valence-electron chi connectivity index (χ2n) is 8.19. The van der Waals surface area contributed by atoms with E-state index < -0.39 is 30.2 Å². The van der Waals surface area contributed by atoms with Gasteiger partial charge in [0.25, 0.3) is 0 Å². The van der Waals surface area contributed by atoms with E-state index in [1.165, 1.54) is 43.5 Å². The first-order chi connectivity index (χ1) is 15.3. The summed E-state index contributed by atoms with van der Waals surface area (Å²) in [5, 5.41) is 0. The first-order valence-corrected chi connectivity index (χ1v) is 14.5. The highest BCUT2D eigenvalue weighted by atomic mass is 32.3. The maximum atomic E-state index is 13.4. The first kappa shape index (κ1) is 26.3. The van der Waals surface area contributed by atoms with Gasteiger partial charge in [-0.2, -0.15) is 0 Å². The van der Waals surface area contributed by atoms with Crippen LogP contribution < -0.4 is 0 Å². The van der Waals surface area contributed by atoms with Crippen molar-refractivity contribution in [1.82, 2.24) is 0 Å². The van der Waals surface area contributed by atoms with Gasteiger partial charge in [-0.15, -0.1) is 0 Å². The van der Waals surface area contributed by atoms with Crippen molar-refractivity contribution >= 4 is 26.0 Å². The normalized spacial score (nSPS) is 13.2. The van der Waals surface area contributed by atoms with Crippen molar-refractivity contribution in [3.8, 4) is 0 Å². The van der Waals surface area contributed by atoms with Gasteiger partial charge in [-0.3, -0.25) is 0 Å². The Morgan fingerprint density at radius 1 is 0.688 bits per heavy atom.